The Hall–Kier alpha value is -1.63. The third-order valence-corrected chi connectivity index (χ3v) is 5.95. The summed E-state index contributed by atoms with van der Waals surface area (Å²) in [6.45, 7) is 14.5. The number of benzene rings is 1. The van der Waals surface area contributed by atoms with E-state index in [0.29, 0.717) is 0 Å². The summed E-state index contributed by atoms with van der Waals surface area (Å²) >= 11 is 0. The number of piperazine rings is 1. The molecular formula is C23H39N5O. The Labute approximate surface area is 176 Å². The summed E-state index contributed by atoms with van der Waals surface area (Å²) in [6, 6.07) is 8.84. The molecule has 1 aromatic carbocycles. The number of guanidine groups is 1. The van der Waals surface area contributed by atoms with Crippen LogP contribution in [0.3, 0.4) is 0 Å². The summed E-state index contributed by atoms with van der Waals surface area (Å²) in [5.74, 6) is 1.07. The first-order valence-electron chi connectivity index (χ1n) is 11.4. The van der Waals surface area contributed by atoms with Crippen molar-refractivity contribution in [1.82, 2.24) is 20.0 Å². The highest BCUT2D eigenvalue weighted by Crippen LogP contribution is 2.12. The molecule has 0 aromatic heterocycles. The van der Waals surface area contributed by atoms with E-state index in [1.165, 1.54) is 11.1 Å². The van der Waals surface area contributed by atoms with Gasteiger partial charge in [0.1, 0.15) is 0 Å². The summed E-state index contributed by atoms with van der Waals surface area (Å²) in [6.07, 6.45) is 2.82. The van der Waals surface area contributed by atoms with Gasteiger partial charge < -0.3 is 20.2 Å². The highest BCUT2D eigenvalue weighted by Gasteiger charge is 2.20. The summed E-state index contributed by atoms with van der Waals surface area (Å²) in [7, 11) is 0. The Morgan fingerprint density at radius 1 is 1.10 bits per heavy atom. The molecule has 2 aliphatic heterocycles. The molecule has 2 heterocycles. The van der Waals surface area contributed by atoms with Crippen LogP contribution in [0.1, 0.15) is 37.3 Å². The fourth-order valence-corrected chi connectivity index (χ4v) is 4.23. The number of aliphatic hydroxyl groups excluding tert-OH is 1. The fraction of sp³-hybridized carbons (Fsp3) is 0.696. The predicted molar refractivity (Wildman–Crippen MR) is 120 cm³/mol. The molecule has 0 unspecified atom stereocenters. The first kappa shape index (κ1) is 22.1. The van der Waals surface area contributed by atoms with Crippen LogP contribution in [-0.4, -0.2) is 90.8 Å². The number of hydrogen-bond donors (Lipinski definition) is 2. The fourth-order valence-electron chi connectivity index (χ4n) is 4.23. The first-order valence-corrected chi connectivity index (χ1v) is 11.4. The topological polar surface area (TPSA) is 54.3 Å². The zero-order chi connectivity index (χ0) is 20.5. The molecular weight excluding hydrogens is 362 g/mol. The molecule has 0 atom stereocenters. The van der Waals surface area contributed by atoms with E-state index < -0.39 is 0 Å². The second kappa shape index (κ2) is 11.5. The Kier molecular flexibility index (Phi) is 8.77. The number of aliphatic imine (C=N–C) groups is 1. The molecule has 0 radical (unpaired) electrons. The van der Waals surface area contributed by atoms with E-state index in [9.17, 15) is 5.11 Å². The molecule has 0 amide bonds. The van der Waals surface area contributed by atoms with Crippen LogP contribution in [-0.2, 0) is 6.54 Å². The van der Waals surface area contributed by atoms with Crippen molar-refractivity contribution in [1.29, 1.82) is 0 Å². The van der Waals surface area contributed by atoms with Gasteiger partial charge in [0.25, 0.3) is 0 Å². The molecule has 0 bridgehead atoms. The Morgan fingerprint density at radius 3 is 2.55 bits per heavy atom. The molecule has 162 valence electrons. The summed E-state index contributed by atoms with van der Waals surface area (Å²) < 4.78 is 0. The van der Waals surface area contributed by atoms with Gasteiger partial charge in [-0.1, -0.05) is 29.8 Å². The predicted octanol–water partition coefficient (Wildman–Crippen LogP) is 1.92. The summed E-state index contributed by atoms with van der Waals surface area (Å²) in [5, 5.41) is 13.1. The minimum Gasteiger partial charge on any atom is -0.393 e. The minimum atomic E-state index is -0.0887. The molecule has 0 aliphatic carbocycles. The Morgan fingerprint density at radius 2 is 1.86 bits per heavy atom. The molecule has 29 heavy (non-hydrogen) atoms. The Balaban J connectivity index is 1.41. The lowest BCUT2D eigenvalue weighted by atomic mass is 10.1. The molecule has 0 saturated carbocycles. The van der Waals surface area contributed by atoms with E-state index in [1.807, 2.05) is 0 Å². The van der Waals surface area contributed by atoms with Crippen LogP contribution >= 0.6 is 0 Å². The van der Waals surface area contributed by atoms with Gasteiger partial charge in [0, 0.05) is 58.9 Å². The largest absolute Gasteiger partial charge is 0.393 e. The van der Waals surface area contributed by atoms with E-state index in [-0.39, 0.29) is 6.10 Å². The lowest BCUT2D eigenvalue weighted by molar-refractivity contribution is 0.0824. The number of piperidine rings is 1. The number of nitrogens with zero attached hydrogens (tertiary/aromatic N) is 4. The SMILES string of the molecule is CCNC(=NCCCN1CCC(O)CC1)N1CCN(Cc2cccc(C)c2)CC1. The highest BCUT2D eigenvalue weighted by molar-refractivity contribution is 5.80. The van der Waals surface area contributed by atoms with Crippen LogP contribution in [0.5, 0.6) is 0 Å². The average Bonchev–Trinajstić information content (AvgIpc) is 2.72. The van der Waals surface area contributed by atoms with Crippen molar-refractivity contribution in [3.8, 4) is 0 Å². The van der Waals surface area contributed by atoms with Crippen molar-refractivity contribution >= 4 is 5.96 Å². The van der Waals surface area contributed by atoms with E-state index in [1.54, 1.807) is 0 Å². The van der Waals surface area contributed by atoms with E-state index >= 15 is 0 Å². The lowest BCUT2D eigenvalue weighted by Gasteiger charge is -2.36. The van der Waals surface area contributed by atoms with E-state index in [0.717, 1.165) is 90.7 Å². The number of aliphatic hydroxyl groups is 1. The van der Waals surface area contributed by atoms with Gasteiger partial charge >= 0.3 is 0 Å². The first-order chi connectivity index (χ1) is 14.1. The maximum absolute atomic E-state index is 9.62. The number of nitrogens with one attached hydrogen (secondary N) is 1. The third-order valence-electron chi connectivity index (χ3n) is 5.95. The molecule has 6 nitrogen and oxygen atoms in total. The second-order valence-corrected chi connectivity index (χ2v) is 8.41. The average molecular weight is 402 g/mol. The molecule has 0 spiro atoms. The van der Waals surface area contributed by atoms with Crippen LogP contribution in [0.15, 0.2) is 29.3 Å². The van der Waals surface area contributed by atoms with E-state index in [4.69, 9.17) is 4.99 Å². The van der Waals surface area contributed by atoms with Crippen molar-refractivity contribution in [3.05, 3.63) is 35.4 Å². The van der Waals surface area contributed by atoms with Crippen LogP contribution < -0.4 is 5.32 Å². The third kappa shape index (κ3) is 7.28. The monoisotopic (exact) mass is 401 g/mol. The zero-order valence-electron chi connectivity index (χ0n) is 18.3. The normalized spacial score (nSPS) is 20.2. The van der Waals surface area contributed by atoms with Crippen molar-refractivity contribution < 1.29 is 5.11 Å². The van der Waals surface area contributed by atoms with Crippen molar-refractivity contribution in [2.75, 3.05) is 58.9 Å². The number of rotatable bonds is 7. The van der Waals surface area contributed by atoms with Gasteiger partial charge in [-0.25, -0.2) is 0 Å². The number of hydrogen-bond acceptors (Lipinski definition) is 4. The van der Waals surface area contributed by atoms with E-state index in [2.05, 4.69) is 58.1 Å². The van der Waals surface area contributed by atoms with Gasteiger partial charge in [-0.2, -0.15) is 0 Å². The molecule has 6 heteroatoms. The minimum absolute atomic E-state index is 0.0887. The number of likely N-dealkylation sites (tertiary alicyclic amines) is 1. The van der Waals surface area contributed by atoms with Gasteiger partial charge in [0.15, 0.2) is 5.96 Å². The molecule has 2 saturated heterocycles. The summed E-state index contributed by atoms with van der Waals surface area (Å²) in [5.41, 5.74) is 2.74. The molecule has 2 N–H and O–H groups in total. The molecule has 2 fully saturated rings. The summed E-state index contributed by atoms with van der Waals surface area (Å²) in [4.78, 5) is 12.3. The molecule has 1 aromatic rings. The quantitative estimate of drug-likeness (QED) is 0.415. The van der Waals surface area contributed by atoms with Crippen LogP contribution in [0.25, 0.3) is 0 Å². The van der Waals surface area contributed by atoms with Crippen molar-refractivity contribution in [2.45, 2.75) is 45.8 Å². The standard InChI is InChI=1S/C23H39N5O/c1-3-24-23(25-10-5-11-26-12-8-22(29)9-13-26)28-16-14-27(15-17-28)19-21-7-4-6-20(2)18-21/h4,6-7,18,22,29H,3,5,8-17,19H2,1-2H3,(H,24,25). The molecule has 3 rings (SSSR count). The van der Waals surface area contributed by atoms with Crippen LogP contribution in [0.2, 0.25) is 0 Å². The highest BCUT2D eigenvalue weighted by atomic mass is 16.3. The maximum Gasteiger partial charge on any atom is 0.194 e. The van der Waals surface area contributed by atoms with Gasteiger partial charge in [0.05, 0.1) is 6.10 Å². The Bertz CT molecular complexity index is 634. The lowest BCUT2D eigenvalue weighted by Crippen LogP contribution is -2.52. The smallest absolute Gasteiger partial charge is 0.194 e. The zero-order valence-corrected chi connectivity index (χ0v) is 18.3. The van der Waals surface area contributed by atoms with Gasteiger partial charge in [-0.15, -0.1) is 0 Å². The molecule has 2 aliphatic rings. The van der Waals surface area contributed by atoms with Crippen molar-refractivity contribution in [2.24, 2.45) is 4.99 Å². The van der Waals surface area contributed by atoms with Crippen LogP contribution in [0, 0.1) is 6.92 Å². The second-order valence-electron chi connectivity index (χ2n) is 8.41. The number of aryl methyl sites for hydroxylation is 1. The van der Waals surface area contributed by atoms with Gasteiger partial charge in [0.2, 0.25) is 0 Å². The van der Waals surface area contributed by atoms with Crippen LogP contribution in [0.4, 0.5) is 0 Å². The maximum atomic E-state index is 9.62. The van der Waals surface area contributed by atoms with Gasteiger partial charge in [-0.3, -0.25) is 9.89 Å². The van der Waals surface area contributed by atoms with Crippen molar-refractivity contribution in [3.63, 3.8) is 0 Å². The van der Waals surface area contributed by atoms with Gasteiger partial charge in [-0.05, 0) is 45.2 Å².